The standard InChI is InChI=1S/C19H33N3O2/c1-4-11(2)16(22-18(20)24)17(23)21-12(3)19-8-13-5-14(9-19)7-15(6-13)10-19/h11-16H,4-10H2,1-3H3,(H,21,23)(H3,20,22,24)/t11-,12-,13?,14?,15?,16+,19?/m0/s1. The topological polar surface area (TPSA) is 84.2 Å². The second-order valence-electron chi connectivity index (χ2n) is 8.88. The van der Waals surface area contributed by atoms with E-state index in [0.29, 0.717) is 0 Å². The van der Waals surface area contributed by atoms with E-state index in [2.05, 4.69) is 17.6 Å². The summed E-state index contributed by atoms with van der Waals surface area (Å²) in [5, 5.41) is 5.88. The van der Waals surface area contributed by atoms with Gasteiger partial charge in [-0.2, -0.15) is 0 Å². The van der Waals surface area contributed by atoms with Gasteiger partial charge in [0.2, 0.25) is 5.91 Å². The molecule has 4 bridgehead atoms. The third kappa shape index (κ3) is 3.27. The summed E-state index contributed by atoms with van der Waals surface area (Å²) in [7, 11) is 0. The fraction of sp³-hybridized carbons (Fsp3) is 0.895. The Morgan fingerprint density at radius 1 is 1.04 bits per heavy atom. The average molecular weight is 335 g/mol. The molecule has 4 aliphatic rings. The molecule has 0 aromatic rings. The van der Waals surface area contributed by atoms with Crippen molar-refractivity contribution in [3.05, 3.63) is 0 Å². The number of carbonyl (C=O) groups excluding carboxylic acids is 2. The van der Waals surface area contributed by atoms with Gasteiger partial charge >= 0.3 is 6.03 Å². The summed E-state index contributed by atoms with van der Waals surface area (Å²) in [6.07, 6.45) is 8.81. The van der Waals surface area contributed by atoms with Gasteiger partial charge in [0, 0.05) is 6.04 Å². The van der Waals surface area contributed by atoms with E-state index in [-0.39, 0.29) is 23.3 Å². The summed E-state index contributed by atoms with van der Waals surface area (Å²) in [5.41, 5.74) is 5.55. The van der Waals surface area contributed by atoms with Gasteiger partial charge in [-0.3, -0.25) is 4.79 Å². The molecule has 0 aromatic heterocycles. The molecule has 5 heteroatoms. The lowest BCUT2D eigenvalue weighted by atomic mass is 9.48. The van der Waals surface area contributed by atoms with Crippen LogP contribution in [-0.2, 0) is 4.79 Å². The smallest absolute Gasteiger partial charge is 0.312 e. The molecule has 136 valence electrons. The van der Waals surface area contributed by atoms with Crippen molar-refractivity contribution in [3.63, 3.8) is 0 Å². The van der Waals surface area contributed by atoms with Crippen LogP contribution in [0.3, 0.4) is 0 Å². The maximum atomic E-state index is 12.8. The Hall–Kier alpha value is -1.26. The molecule has 0 radical (unpaired) electrons. The van der Waals surface area contributed by atoms with E-state index in [4.69, 9.17) is 5.73 Å². The summed E-state index contributed by atoms with van der Waals surface area (Å²) >= 11 is 0. The number of primary amides is 1. The van der Waals surface area contributed by atoms with Gasteiger partial charge in [-0.15, -0.1) is 0 Å². The monoisotopic (exact) mass is 335 g/mol. The van der Waals surface area contributed by atoms with Gasteiger partial charge in [0.05, 0.1) is 0 Å². The van der Waals surface area contributed by atoms with Gasteiger partial charge in [0.15, 0.2) is 0 Å². The number of nitrogens with two attached hydrogens (primary N) is 1. The Bertz CT molecular complexity index is 470. The molecule has 5 nitrogen and oxygen atoms in total. The predicted octanol–water partition coefficient (Wildman–Crippen LogP) is 2.79. The Balaban J connectivity index is 1.68. The molecule has 3 atom stereocenters. The first-order chi connectivity index (χ1) is 11.3. The zero-order valence-corrected chi connectivity index (χ0v) is 15.3. The zero-order chi connectivity index (χ0) is 17.5. The van der Waals surface area contributed by atoms with Crippen LogP contribution in [0.5, 0.6) is 0 Å². The van der Waals surface area contributed by atoms with Crippen molar-refractivity contribution >= 4 is 11.9 Å². The summed E-state index contributed by atoms with van der Waals surface area (Å²) in [6.45, 7) is 6.18. The first-order valence-corrected chi connectivity index (χ1v) is 9.69. The van der Waals surface area contributed by atoms with Crippen LogP contribution < -0.4 is 16.4 Å². The maximum absolute atomic E-state index is 12.8. The van der Waals surface area contributed by atoms with Crippen LogP contribution in [0.2, 0.25) is 0 Å². The number of carbonyl (C=O) groups is 2. The molecule has 0 saturated heterocycles. The lowest BCUT2D eigenvalue weighted by molar-refractivity contribution is -0.128. The Morgan fingerprint density at radius 2 is 1.54 bits per heavy atom. The van der Waals surface area contributed by atoms with E-state index in [1.807, 2.05) is 13.8 Å². The van der Waals surface area contributed by atoms with Crippen molar-refractivity contribution in [1.29, 1.82) is 0 Å². The number of hydrogen-bond acceptors (Lipinski definition) is 2. The molecule has 0 spiro atoms. The highest BCUT2D eigenvalue weighted by Crippen LogP contribution is 2.61. The molecule has 4 aliphatic carbocycles. The average Bonchev–Trinajstić information content (AvgIpc) is 2.50. The van der Waals surface area contributed by atoms with Crippen LogP contribution in [-0.4, -0.2) is 24.0 Å². The van der Waals surface area contributed by atoms with E-state index in [1.54, 1.807) is 0 Å². The van der Waals surface area contributed by atoms with E-state index in [9.17, 15) is 9.59 Å². The zero-order valence-electron chi connectivity index (χ0n) is 15.3. The first kappa shape index (κ1) is 17.6. The second-order valence-corrected chi connectivity index (χ2v) is 8.88. The molecular weight excluding hydrogens is 302 g/mol. The maximum Gasteiger partial charge on any atom is 0.312 e. The SMILES string of the molecule is CC[C@H](C)[C@@H](NC(N)=O)C(=O)N[C@@H](C)C12CC3CC(CC(C3)C1)C2. The van der Waals surface area contributed by atoms with Crippen LogP contribution in [0.15, 0.2) is 0 Å². The lowest BCUT2D eigenvalue weighted by Crippen LogP contribution is -2.59. The van der Waals surface area contributed by atoms with Gasteiger partial charge in [0.1, 0.15) is 6.04 Å². The highest BCUT2D eigenvalue weighted by atomic mass is 16.2. The second kappa shape index (κ2) is 6.57. The summed E-state index contributed by atoms with van der Waals surface area (Å²) in [5.74, 6) is 2.59. The molecule has 0 heterocycles. The fourth-order valence-electron chi connectivity index (χ4n) is 6.02. The highest BCUT2D eigenvalue weighted by molar-refractivity contribution is 5.87. The Morgan fingerprint density at radius 3 is 1.96 bits per heavy atom. The number of urea groups is 1. The van der Waals surface area contributed by atoms with Crippen LogP contribution in [0.25, 0.3) is 0 Å². The molecule has 4 fully saturated rings. The van der Waals surface area contributed by atoms with E-state index in [0.717, 1.165) is 24.2 Å². The normalized spacial score (nSPS) is 37.5. The van der Waals surface area contributed by atoms with Crippen LogP contribution >= 0.6 is 0 Å². The third-order valence-electron chi connectivity index (χ3n) is 7.16. The molecule has 0 aromatic carbocycles. The summed E-state index contributed by atoms with van der Waals surface area (Å²) in [4.78, 5) is 24.1. The minimum absolute atomic E-state index is 0.0704. The number of nitrogens with one attached hydrogen (secondary N) is 2. The van der Waals surface area contributed by atoms with Crippen molar-refractivity contribution < 1.29 is 9.59 Å². The quantitative estimate of drug-likeness (QED) is 0.697. The summed E-state index contributed by atoms with van der Waals surface area (Å²) < 4.78 is 0. The first-order valence-electron chi connectivity index (χ1n) is 9.69. The van der Waals surface area contributed by atoms with Gasteiger partial charge in [-0.1, -0.05) is 20.3 Å². The van der Waals surface area contributed by atoms with E-state index < -0.39 is 12.1 Å². The van der Waals surface area contributed by atoms with Gasteiger partial charge in [-0.05, 0) is 74.5 Å². The Labute approximate surface area is 145 Å². The number of rotatable bonds is 6. The van der Waals surface area contributed by atoms with Crippen molar-refractivity contribution in [2.45, 2.75) is 77.8 Å². The summed E-state index contributed by atoms with van der Waals surface area (Å²) in [6, 6.07) is -0.999. The van der Waals surface area contributed by atoms with Crippen LogP contribution in [0, 0.1) is 29.1 Å². The predicted molar refractivity (Wildman–Crippen MR) is 94.2 cm³/mol. The van der Waals surface area contributed by atoms with E-state index in [1.165, 1.54) is 38.5 Å². The minimum Gasteiger partial charge on any atom is -0.352 e. The Kier molecular flexibility index (Phi) is 4.80. The number of hydrogen-bond donors (Lipinski definition) is 3. The van der Waals surface area contributed by atoms with Crippen molar-refractivity contribution in [3.8, 4) is 0 Å². The van der Waals surface area contributed by atoms with Crippen LogP contribution in [0.1, 0.15) is 65.7 Å². The van der Waals surface area contributed by atoms with Crippen molar-refractivity contribution in [1.82, 2.24) is 10.6 Å². The molecule has 4 saturated carbocycles. The third-order valence-corrected chi connectivity index (χ3v) is 7.16. The minimum atomic E-state index is -0.627. The molecular formula is C19H33N3O2. The van der Waals surface area contributed by atoms with Crippen molar-refractivity contribution in [2.24, 2.45) is 34.8 Å². The number of amides is 3. The molecule has 3 amide bonds. The lowest BCUT2D eigenvalue weighted by Gasteiger charge is -2.59. The highest BCUT2D eigenvalue weighted by Gasteiger charge is 2.53. The molecule has 24 heavy (non-hydrogen) atoms. The molecule has 4 rings (SSSR count). The molecule has 4 N–H and O–H groups in total. The molecule has 0 aliphatic heterocycles. The van der Waals surface area contributed by atoms with Gasteiger partial charge in [-0.25, -0.2) is 4.79 Å². The largest absolute Gasteiger partial charge is 0.352 e. The van der Waals surface area contributed by atoms with Gasteiger partial charge in [0.25, 0.3) is 0 Å². The van der Waals surface area contributed by atoms with Gasteiger partial charge < -0.3 is 16.4 Å². The van der Waals surface area contributed by atoms with E-state index >= 15 is 0 Å². The van der Waals surface area contributed by atoms with Crippen molar-refractivity contribution in [2.75, 3.05) is 0 Å². The fourth-order valence-corrected chi connectivity index (χ4v) is 6.02. The molecule has 0 unspecified atom stereocenters. The van der Waals surface area contributed by atoms with Crippen LogP contribution in [0.4, 0.5) is 4.79 Å².